The molecule has 1 N–H and O–H groups in total. The van der Waals surface area contributed by atoms with Gasteiger partial charge in [-0.05, 0) is 32.4 Å². The first kappa shape index (κ1) is 16.6. The Hall–Kier alpha value is -1.49. The number of ether oxygens (including phenoxy) is 1. The average molecular weight is 280 g/mol. The molecule has 5 nitrogen and oxygen atoms in total. The summed E-state index contributed by atoms with van der Waals surface area (Å²) in [6.45, 7) is 8.17. The van der Waals surface area contributed by atoms with Crippen LogP contribution in [0.4, 0.5) is 0 Å². The molecular weight excluding hydrogens is 252 g/mol. The molecule has 20 heavy (non-hydrogen) atoms. The lowest BCUT2D eigenvalue weighted by molar-refractivity contribution is 0.146. The van der Waals surface area contributed by atoms with Gasteiger partial charge in [-0.25, -0.2) is 0 Å². The van der Waals surface area contributed by atoms with Gasteiger partial charge in [0.2, 0.25) is 0 Å². The zero-order chi connectivity index (χ0) is 14.8. The van der Waals surface area contributed by atoms with Crippen LogP contribution in [0.25, 0.3) is 0 Å². The zero-order valence-electron chi connectivity index (χ0n) is 13.2. The number of nitrogens with zero attached hydrogens (tertiary/aromatic N) is 3. The lowest BCUT2D eigenvalue weighted by Gasteiger charge is -2.22. The normalized spacial score (nSPS) is 11.7. The molecule has 0 aliphatic heterocycles. The minimum atomic E-state index is 0.775. The quantitative estimate of drug-likeness (QED) is 0.449. The van der Waals surface area contributed by atoms with Gasteiger partial charge in [0.25, 0.3) is 0 Å². The maximum atomic E-state index is 5.33. The van der Waals surface area contributed by atoms with Crippen molar-refractivity contribution >= 4 is 5.96 Å². The summed E-state index contributed by atoms with van der Waals surface area (Å²) in [5, 5.41) is 3.33. The number of aromatic nitrogens is 1. The Morgan fingerprint density at radius 3 is 2.85 bits per heavy atom. The average Bonchev–Trinajstić information content (AvgIpc) is 2.83. The maximum absolute atomic E-state index is 5.33. The molecule has 0 fully saturated rings. The van der Waals surface area contributed by atoms with Gasteiger partial charge in [-0.15, -0.1) is 0 Å². The third-order valence-corrected chi connectivity index (χ3v) is 3.06. The first-order valence-corrected chi connectivity index (χ1v) is 7.36. The van der Waals surface area contributed by atoms with Gasteiger partial charge in [-0.2, -0.15) is 0 Å². The van der Waals surface area contributed by atoms with Crippen molar-refractivity contribution in [3.8, 4) is 0 Å². The number of rotatable bonds is 8. The summed E-state index contributed by atoms with van der Waals surface area (Å²) in [6.07, 6.45) is 3.02. The summed E-state index contributed by atoms with van der Waals surface area (Å²) in [4.78, 5) is 6.79. The van der Waals surface area contributed by atoms with Crippen molar-refractivity contribution in [2.75, 3.05) is 33.4 Å². The van der Waals surface area contributed by atoms with Crippen LogP contribution in [0.1, 0.15) is 26.0 Å². The topological polar surface area (TPSA) is 41.8 Å². The summed E-state index contributed by atoms with van der Waals surface area (Å²) in [5.41, 5.74) is 1.27. The summed E-state index contributed by atoms with van der Waals surface area (Å²) in [7, 11) is 4.13. The highest BCUT2D eigenvalue weighted by Crippen LogP contribution is 2.03. The van der Waals surface area contributed by atoms with Crippen LogP contribution in [0.15, 0.2) is 23.3 Å². The smallest absolute Gasteiger partial charge is 0.194 e. The maximum Gasteiger partial charge on any atom is 0.194 e. The lowest BCUT2D eigenvalue weighted by Crippen LogP contribution is -2.38. The SMILES string of the molecule is CCNC(=NCCCOCC)N(C)Cc1cccn1C. The van der Waals surface area contributed by atoms with Gasteiger partial charge in [-0.1, -0.05) is 0 Å². The van der Waals surface area contributed by atoms with Crippen LogP contribution in [0.3, 0.4) is 0 Å². The zero-order valence-corrected chi connectivity index (χ0v) is 13.2. The third-order valence-electron chi connectivity index (χ3n) is 3.06. The van der Waals surface area contributed by atoms with Crippen molar-refractivity contribution in [1.82, 2.24) is 14.8 Å². The third kappa shape index (κ3) is 5.65. The molecule has 0 saturated heterocycles. The van der Waals surface area contributed by atoms with Crippen LogP contribution in [-0.2, 0) is 18.3 Å². The molecule has 1 aromatic heterocycles. The van der Waals surface area contributed by atoms with E-state index in [0.29, 0.717) is 0 Å². The number of aliphatic imine (C=N–C) groups is 1. The number of nitrogens with one attached hydrogen (secondary N) is 1. The highest BCUT2D eigenvalue weighted by atomic mass is 16.5. The Labute approximate surface area is 122 Å². The van der Waals surface area contributed by atoms with Crippen molar-refractivity contribution in [2.45, 2.75) is 26.8 Å². The molecule has 0 unspecified atom stereocenters. The van der Waals surface area contributed by atoms with Crippen molar-refractivity contribution in [3.63, 3.8) is 0 Å². The molecule has 1 heterocycles. The number of aryl methyl sites for hydroxylation is 1. The summed E-state index contributed by atoms with van der Waals surface area (Å²) in [5.74, 6) is 0.949. The van der Waals surface area contributed by atoms with Crippen molar-refractivity contribution in [3.05, 3.63) is 24.0 Å². The van der Waals surface area contributed by atoms with Crippen molar-refractivity contribution < 1.29 is 4.74 Å². The number of hydrogen-bond acceptors (Lipinski definition) is 2. The monoisotopic (exact) mass is 280 g/mol. The molecule has 114 valence electrons. The fourth-order valence-electron chi connectivity index (χ4n) is 1.94. The van der Waals surface area contributed by atoms with Gasteiger partial charge in [-0.3, -0.25) is 4.99 Å². The predicted octanol–water partition coefficient (Wildman–Crippen LogP) is 1.85. The molecule has 0 amide bonds. The van der Waals surface area contributed by atoms with Gasteiger partial charge in [0.1, 0.15) is 0 Å². The molecular formula is C15H28N4O. The Morgan fingerprint density at radius 2 is 2.25 bits per heavy atom. The van der Waals surface area contributed by atoms with E-state index in [0.717, 1.165) is 45.2 Å². The van der Waals surface area contributed by atoms with E-state index in [9.17, 15) is 0 Å². The Kier molecular flexibility index (Phi) is 7.80. The van der Waals surface area contributed by atoms with Crippen LogP contribution in [0.2, 0.25) is 0 Å². The molecule has 0 aliphatic carbocycles. The minimum absolute atomic E-state index is 0.775. The molecule has 0 aliphatic rings. The van der Waals surface area contributed by atoms with E-state index in [1.807, 2.05) is 6.92 Å². The molecule has 0 spiro atoms. The van der Waals surface area contributed by atoms with E-state index < -0.39 is 0 Å². The van der Waals surface area contributed by atoms with Crippen molar-refractivity contribution in [1.29, 1.82) is 0 Å². The van der Waals surface area contributed by atoms with E-state index in [4.69, 9.17) is 4.74 Å². The molecule has 0 radical (unpaired) electrons. The van der Waals surface area contributed by atoms with E-state index >= 15 is 0 Å². The van der Waals surface area contributed by atoms with Crippen LogP contribution in [-0.4, -0.2) is 48.8 Å². The number of hydrogen-bond donors (Lipinski definition) is 1. The minimum Gasteiger partial charge on any atom is -0.382 e. The second-order valence-electron chi connectivity index (χ2n) is 4.75. The highest BCUT2D eigenvalue weighted by Gasteiger charge is 2.07. The van der Waals surface area contributed by atoms with E-state index in [1.54, 1.807) is 0 Å². The first-order valence-electron chi connectivity index (χ1n) is 7.36. The van der Waals surface area contributed by atoms with Crippen LogP contribution in [0.5, 0.6) is 0 Å². The Bertz CT molecular complexity index is 400. The highest BCUT2D eigenvalue weighted by molar-refractivity contribution is 5.79. The van der Waals surface area contributed by atoms with Gasteiger partial charge in [0.15, 0.2) is 5.96 Å². The fraction of sp³-hybridized carbons (Fsp3) is 0.667. The first-order chi connectivity index (χ1) is 9.69. The fourth-order valence-corrected chi connectivity index (χ4v) is 1.94. The van der Waals surface area contributed by atoms with Gasteiger partial charge in [0.05, 0.1) is 6.54 Å². The Morgan fingerprint density at radius 1 is 1.45 bits per heavy atom. The van der Waals surface area contributed by atoms with Crippen LogP contribution in [0, 0.1) is 0 Å². The van der Waals surface area contributed by atoms with E-state index in [1.165, 1.54) is 5.69 Å². The van der Waals surface area contributed by atoms with Gasteiger partial charge >= 0.3 is 0 Å². The molecule has 0 saturated carbocycles. The van der Waals surface area contributed by atoms with Crippen LogP contribution < -0.4 is 5.32 Å². The Balaban J connectivity index is 2.51. The molecule has 0 bridgehead atoms. The second-order valence-corrected chi connectivity index (χ2v) is 4.75. The molecule has 0 aromatic carbocycles. The molecule has 1 aromatic rings. The van der Waals surface area contributed by atoms with Gasteiger partial charge in [0, 0.05) is 52.3 Å². The van der Waals surface area contributed by atoms with Crippen molar-refractivity contribution in [2.24, 2.45) is 12.0 Å². The van der Waals surface area contributed by atoms with Gasteiger partial charge < -0.3 is 19.5 Å². The largest absolute Gasteiger partial charge is 0.382 e. The lowest BCUT2D eigenvalue weighted by atomic mass is 10.4. The molecule has 1 rings (SSSR count). The predicted molar refractivity (Wildman–Crippen MR) is 84.0 cm³/mol. The summed E-state index contributed by atoms with van der Waals surface area (Å²) in [6, 6.07) is 4.20. The van der Waals surface area contributed by atoms with E-state index in [2.05, 4.69) is 59.1 Å². The number of guanidine groups is 1. The standard InChI is InChI=1S/C15H28N4O/c1-5-16-15(17-10-8-12-20-6-2)19(4)13-14-9-7-11-18(14)3/h7,9,11H,5-6,8,10,12-13H2,1-4H3,(H,16,17). The second kappa shape index (κ2) is 9.42. The summed E-state index contributed by atoms with van der Waals surface area (Å²) < 4.78 is 7.46. The summed E-state index contributed by atoms with van der Waals surface area (Å²) >= 11 is 0. The molecule has 0 atom stereocenters. The molecule has 5 heteroatoms. The van der Waals surface area contributed by atoms with Crippen LogP contribution >= 0.6 is 0 Å². The van der Waals surface area contributed by atoms with E-state index in [-0.39, 0.29) is 0 Å².